The van der Waals surface area contributed by atoms with Crippen LogP contribution in [-0.4, -0.2) is 77.9 Å². The lowest BCUT2D eigenvalue weighted by atomic mass is 9.77. The van der Waals surface area contributed by atoms with Gasteiger partial charge in [-0.1, -0.05) is 42.5 Å². The average molecular weight is 626 g/mol. The largest absolute Gasteiger partial charge is 0.478 e. The Morgan fingerprint density at radius 3 is 2.04 bits per heavy atom. The number of anilines is 1. The van der Waals surface area contributed by atoms with E-state index in [4.69, 9.17) is 9.47 Å². The van der Waals surface area contributed by atoms with Crippen molar-refractivity contribution in [2.45, 2.75) is 44.9 Å². The van der Waals surface area contributed by atoms with Gasteiger partial charge in [-0.15, -0.1) is 0 Å². The molecule has 2 unspecified atom stereocenters. The third-order valence-corrected chi connectivity index (χ3v) is 8.99. The fourth-order valence-corrected chi connectivity index (χ4v) is 6.43. The Labute approximate surface area is 268 Å². The van der Waals surface area contributed by atoms with Crippen molar-refractivity contribution in [3.63, 3.8) is 0 Å². The molecule has 2 amide bonds. The van der Waals surface area contributed by atoms with Crippen molar-refractivity contribution in [1.82, 2.24) is 9.80 Å². The molecule has 3 aromatic rings. The summed E-state index contributed by atoms with van der Waals surface area (Å²) < 4.78 is 11.5. The first-order chi connectivity index (χ1) is 22.3. The number of amides is 2. The molecule has 10 heteroatoms. The van der Waals surface area contributed by atoms with Gasteiger partial charge in [-0.05, 0) is 62.1 Å². The molecule has 0 aromatic heterocycles. The second-order valence-electron chi connectivity index (χ2n) is 11.9. The zero-order valence-corrected chi connectivity index (χ0v) is 26.1. The lowest BCUT2D eigenvalue weighted by Crippen LogP contribution is -2.51. The number of nitrogens with zero attached hydrogens (tertiary/aromatic N) is 2. The summed E-state index contributed by atoms with van der Waals surface area (Å²) in [6.07, 6.45) is 1.41. The van der Waals surface area contributed by atoms with Gasteiger partial charge in [-0.25, -0.2) is 4.79 Å². The Kier molecular flexibility index (Phi) is 9.19. The van der Waals surface area contributed by atoms with Crippen LogP contribution in [0, 0.1) is 5.92 Å². The summed E-state index contributed by atoms with van der Waals surface area (Å²) in [7, 11) is 0. The summed E-state index contributed by atoms with van der Waals surface area (Å²) in [4.78, 5) is 55.8. The number of nitrogens with one attached hydrogen (secondary N) is 1. The number of piperazine rings is 1. The molecule has 2 heterocycles. The van der Waals surface area contributed by atoms with E-state index in [0.717, 1.165) is 24.0 Å². The number of carbonyl (C=O) groups excluding carboxylic acids is 3. The van der Waals surface area contributed by atoms with Crippen molar-refractivity contribution < 1.29 is 33.8 Å². The first-order valence-corrected chi connectivity index (χ1v) is 16.0. The number of aromatic carboxylic acids is 1. The number of carboxylic acid groups (broad SMARTS) is 1. The van der Waals surface area contributed by atoms with E-state index >= 15 is 0 Å². The summed E-state index contributed by atoms with van der Waals surface area (Å²) in [6.45, 7) is 6.81. The maximum absolute atomic E-state index is 14.2. The molecule has 0 spiro atoms. The van der Waals surface area contributed by atoms with Crippen LogP contribution >= 0.6 is 0 Å². The lowest BCUT2D eigenvalue weighted by Gasteiger charge is -2.36. The maximum atomic E-state index is 14.2. The van der Waals surface area contributed by atoms with Crippen LogP contribution in [0.15, 0.2) is 66.7 Å². The van der Waals surface area contributed by atoms with Gasteiger partial charge in [0.05, 0.1) is 23.1 Å². The van der Waals surface area contributed by atoms with Gasteiger partial charge in [0.2, 0.25) is 5.91 Å². The highest BCUT2D eigenvalue weighted by molar-refractivity contribution is 6.14. The summed E-state index contributed by atoms with van der Waals surface area (Å²) in [5, 5.41) is 13.3. The monoisotopic (exact) mass is 625 g/mol. The zero-order chi connectivity index (χ0) is 32.4. The molecular weight excluding hydrogens is 586 g/mol. The Morgan fingerprint density at radius 2 is 1.46 bits per heavy atom. The zero-order valence-electron chi connectivity index (χ0n) is 26.1. The van der Waals surface area contributed by atoms with E-state index in [2.05, 4.69) is 5.32 Å². The van der Waals surface area contributed by atoms with Gasteiger partial charge in [-0.3, -0.25) is 14.4 Å². The number of hydrogen-bond acceptors (Lipinski definition) is 7. The predicted molar refractivity (Wildman–Crippen MR) is 171 cm³/mol. The fourth-order valence-electron chi connectivity index (χ4n) is 6.43. The highest BCUT2D eigenvalue weighted by atomic mass is 16.7. The minimum atomic E-state index is -1.17. The quantitative estimate of drug-likeness (QED) is 0.292. The van der Waals surface area contributed by atoms with Crippen molar-refractivity contribution in [2.75, 3.05) is 44.7 Å². The Bertz CT molecular complexity index is 1600. The van der Waals surface area contributed by atoms with Crippen LogP contribution in [0.2, 0.25) is 0 Å². The number of benzene rings is 3. The van der Waals surface area contributed by atoms with E-state index < -0.39 is 24.2 Å². The normalized spacial score (nSPS) is 19.5. The van der Waals surface area contributed by atoms with Crippen LogP contribution in [0.3, 0.4) is 0 Å². The van der Waals surface area contributed by atoms with Gasteiger partial charge in [0.15, 0.2) is 12.1 Å². The molecule has 1 saturated heterocycles. The first-order valence-electron chi connectivity index (χ1n) is 16.0. The molecule has 2 atom stereocenters. The number of fused-ring (bicyclic) bond motifs is 1. The van der Waals surface area contributed by atoms with Gasteiger partial charge in [0.1, 0.15) is 0 Å². The molecule has 1 aliphatic carbocycles. The molecule has 3 aromatic carbocycles. The van der Waals surface area contributed by atoms with Gasteiger partial charge in [-0.2, -0.15) is 0 Å². The minimum absolute atomic E-state index is 0.0591. The molecule has 1 saturated carbocycles. The molecular formula is C36H39N3O7. The molecule has 46 heavy (non-hydrogen) atoms. The third-order valence-electron chi connectivity index (χ3n) is 8.99. The number of ether oxygens (including phenoxy) is 2. The smallest absolute Gasteiger partial charge is 0.336 e. The standard InChI is InChI=1S/C36H39N3O7/c1-3-45-36(46-4-2)26-16-10-23(11-17-26)31-29(32(40)30-27(35(43)44)6-5-7-28(30)37-31)22-8-12-24(13-9-22)33(41)38-18-20-39(21-19-38)34(42)25-14-15-25/h5-13,16-17,25,29,31,36-37H,3-4,14-15,18-21H2,1-2H3,(H,43,44). The summed E-state index contributed by atoms with van der Waals surface area (Å²) >= 11 is 0. The van der Waals surface area contributed by atoms with Gasteiger partial charge in [0, 0.05) is 62.1 Å². The van der Waals surface area contributed by atoms with E-state index in [1.54, 1.807) is 41.3 Å². The molecule has 2 N–H and O–H groups in total. The molecule has 0 radical (unpaired) electrons. The number of rotatable bonds is 10. The molecule has 2 aliphatic heterocycles. The number of carboxylic acids is 1. The lowest BCUT2D eigenvalue weighted by molar-refractivity contribution is -0.140. The minimum Gasteiger partial charge on any atom is -0.478 e. The molecule has 2 fully saturated rings. The highest BCUT2D eigenvalue weighted by Crippen LogP contribution is 2.44. The topological polar surface area (TPSA) is 125 Å². The van der Waals surface area contributed by atoms with E-state index in [1.807, 2.05) is 43.0 Å². The second-order valence-corrected chi connectivity index (χ2v) is 11.9. The maximum Gasteiger partial charge on any atom is 0.336 e. The molecule has 10 nitrogen and oxygen atoms in total. The van der Waals surface area contributed by atoms with Crippen LogP contribution in [-0.2, 0) is 14.3 Å². The summed E-state index contributed by atoms with van der Waals surface area (Å²) in [5.74, 6) is -2.00. The van der Waals surface area contributed by atoms with Gasteiger partial charge in [0.25, 0.3) is 5.91 Å². The summed E-state index contributed by atoms with van der Waals surface area (Å²) in [6, 6.07) is 19.0. The molecule has 6 rings (SSSR count). The Balaban J connectivity index is 1.27. The van der Waals surface area contributed by atoms with Gasteiger partial charge < -0.3 is 29.7 Å². The van der Waals surface area contributed by atoms with Crippen LogP contribution in [0.25, 0.3) is 0 Å². The number of ketones is 1. The summed E-state index contributed by atoms with van der Waals surface area (Å²) in [5.41, 5.74) is 3.38. The van der Waals surface area contributed by atoms with Crippen molar-refractivity contribution in [1.29, 1.82) is 0 Å². The third kappa shape index (κ3) is 6.27. The Hall–Kier alpha value is -4.54. The van der Waals surface area contributed by atoms with Crippen molar-refractivity contribution >= 4 is 29.3 Å². The number of carbonyl (C=O) groups is 4. The van der Waals surface area contributed by atoms with Crippen molar-refractivity contribution in [3.8, 4) is 0 Å². The van der Waals surface area contributed by atoms with Crippen LogP contribution in [0.4, 0.5) is 5.69 Å². The van der Waals surface area contributed by atoms with Crippen molar-refractivity contribution in [2.24, 2.45) is 5.92 Å². The van der Waals surface area contributed by atoms with Gasteiger partial charge >= 0.3 is 5.97 Å². The number of Topliss-reactive ketones (excluding diaryl/α,β-unsaturated/α-hetero) is 1. The molecule has 3 aliphatic rings. The van der Waals surface area contributed by atoms with E-state index in [9.17, 15) is 24.3 Å². The first kappa shape index (κ1) is 31.4. The number of hydrogen-bond donors (Lipinski definition) is 2. The van der Waals surface area contributed by atoms with E-state index in [-0.39, 0.29) is 34.6 Å². The van der Waals surface area contributed by atoms with E-state index in [1.165, 1.54) is 6.07 Å². The highest BCUT2D eigenvalue weighted by Gasteiger charge is 2.40. The van der Waals surface area contributed by atoms with Crippen molar-refractivity contribution in [3.05, 3.63) is 100 Å². The van der Waals surface area contributed by atoms with Crippen LogP contribution in [0.1, 0.15) is 92.7 Å². The molecule has 0 bridgehead atoms. The van der Waals surface area contributed by atoms with Crippen LogP contribution < -0.4 is 5.32 Å². The van der Waals surface area contributed by atoms with Crippen LogP contribution in [0.5, 0.6) is 0 Å². The molecule has 240 valence electrons. The second kappa shape index (κ2) is 13.4. The van der Waals surface area contributed by atoms with E-state index in [0.29, 0.717) is 56.2 Å². The SMILES string of the molecule is CCOC(OCC)c1ccc(C2Nc3cccc(C(=O)O)c3C(=O)C2c2ccc(C(=O)N3CCN(C(=O)C4CC4)CC3)cc2)cc1. The Morgan fingerprint density at radius 1 is 0.848 bits per heavy atom. The average Bonchev–Trinajstić information content (AvgIpc) is 3.93. The predicted octanol–water partition coefficient (Wildman–Crippen LogP) is 5.28. The fraction of sp³-hybridized carbons (Fsp3) is 0.389.